The van der Waals surface area contributed by atoms with Crippen LogP contribution in [0.2, 0.25) is 10.0 Å². The number of nitro groups is 1. The summed E-state index contributed by atoms with van der Waals surface area (Å²) in [7, 11) is 0. The fourth-order valence-electron chi connectivity index (χ4n) is 2.46. The number of hydrogen-bond acceptors (Lipinski definition) is 4. The number of non-ortho nitro benzene ring substituents is 1. The summed E-state index contributed by atoms with van der Waals surface area (Å²) >= 11 is 12.0. The first-order valence-corrected chi connectivity index (χ1v) is 9.01. The number of rotatable bonds is 5. The number of carbonyl (C=O) groups is 2. The summed E-state index contributed by atoms with van der Waals surface area (Å²) < 4.78 is 0. The van der Waals surface area contributed by atoms with Crippen LogP contribution in [0.15, 0.2) is 66.7 Å². The topological polar surface area (TPSA) is 101 Å². The van der Waals surface area contributed by atoms with Crippen molar-refractivity contribution in [2.24, 2.45) is 0 Å². The van der Waals surface area contributed by atoms with Crippen molar-refractivity contribution in [3.8, 4) is 0 Å². The Balaban J connectivity index is 1.77. The third kappa shape index (κ3) is 5.10. The molecule has 3 aromatic carbocycles. The number of halogens is 2. The van der Waals surface area contributed by atoms with Gasteiger partial charge in [-0.1, -0.05) is 29.3 Å². The minimum absolute atomic E-state index is 0.126. The summed E-state index contributed by atoms with van der Waals surface area (Å²) in [5.74, 6) is -0.927. The molecule has 0 unspecified atom stereocenters. The van der Waals surface area contributed by atoms with Gasteiger partial charge in [-0.05, 0) is 48.5 Å². The van der Waals surface area contributed by atoms with Gasteiger partial charge in [0.2, 0.25) is 0 Å². The van der Waals surface area contributed by atoms with Crippen molar-refractivity contribution in [3.05, 3.63) is 98.0 Å². The molecule has 0 aliphatic heterocycles. The van der Waals surface area contributed by atoms with Gasteiger partial charge in [0.25, 0.3) is 17.5 Å². The number of amides is 2. The molecule has 0 saturated carbocycles. The Morgan fingerprint density at radius 1 is 0.828 bits per heavy atom. The fourth-order valence-corrected chi connectivity index (χ4v) is 2.82. The van der Waals surface area contributed by atoms with Gasteiger partial charge < -0.3 is 10.6 Å². The second-order valence-electron chi connectivity index (χ2n) is 5.92. The van der Waals surface area contributed by atoms with Crippen molar-refractivity contribution in [1.29, 1.82) is 0 Å². The van der Waals surface area contributed by atoms with E-state index in [0.717, 1.165) is 0 Å². The van der Waals surface area contributed by atoms with Crippen molar-refractivity contribution < 1.29 is 14.5 Å². The van der Waals surface area contributed by atoms with Crippen LogP contribution in [-0.2, 0) is 0 Å². The SMILES string of the molecule is O=C(Nc1cccc(Cl)c1)c1ccc(Cl)c(NC(=O)c2ccc([N+](=O)[O-])cc2)c1. The Labute approximate surface area is 175 Å². The molecular weight excluding hydrogens is 417 g/mol. The highest BCUT2D eigenvalue weighted by Gasteiger charge is 2.14. The summed E-state index contributed by atoms with van der Waals surface area (Å²) in [6, 6.07) is 16.2. The molecule has 3 rings (SSSR count). The highest BCUT2D eigenvalue weighted by atomic mass is 35.5. The third-order valence-corrected chi connectivity index (χ3v) is 4.46. The van der Waals surface area contributed by atoms with E-state index in [1.165, 1.54) is 42.5 Å². The van der Waals surface area contributed by atoms with Gasteiger partial charge in [0.1, 0.15) is 0 Å². The van der Waals surface area contributed by atoms with Crippen LogP contribution in [0.5, 0.6) is 0 Å². The molecular formula is C20H13Cl2N3O4. The maximum Gasteiger partial charge on any atom is 0.269 e. The zero-order valence-electron chi connectivity index (χ0n) is 14.7. The first-order valence-electron chi connectivity index (χ1n) is 8.26. The van der Waals surface area contributed by atoms with Crippen molar-refractivity contribution in [2.75, 3.05) is 10.6 Å². The average molecular weight is 430 g/mol. The molecule has 0 atom stereocenters. The molecule has 2 amide bonds. The molecule has 0 saturated heterocycles. The fraction of sp³-hybridized carbons (Fsp3) is 0. The van der Waals surface area contributed by atoms with Crippen molar-refractivity contribution in [3.63, 3.8) is 0 Å². The van der Waals surface area contributed by atoms with Gasteiger partial charge >= 0.3 is 0 Å². The van der Waals surface area contributed by atoms with Crippen LogP contribution in [0.1, 0.15) is 20.7 Å². The van der Waals surface area contributed by atoms with Gasteiger partial charge in [-0.15, -0.1) is 0 Å². The lowest BCUT2D eigenvalue weighted by atomic mass is 10.1. The predicted molar refractivity (Wildman–Crippen MR) is 112 cm³/mol. The number of hydrogen-bond donors (Lipinski definition) is 2. The van der Waals surface area contributed by atoms with Gasteiger partial charge in [0.05, 0.1) is 15.6 Å². The van der Waals surface area contributed by atoms with E-state index in [4.69, 9.17) is 23.2 Å². The summed E-state index contributed by atoms with van der Waals surface area (Å²) in [5.41, 5.74) is 1.11. The van der Waals surface area contributed by atoms with Crippen LogP contribution in [0.4, 0.5) is 17.1 Å². The molecule has 29 heavy (non-hydrogen) atoms. The van der Waals surface area contributed by atoms with E-state index in [1.807, 2.05) is 0 Å². The minimum Gasteiger partial charge on any atom is -0.322 e. The summed E-state index contributed by atoms with van der Waals surface area (Å²) in [4.78, 5) is 35.0. The van der Waals surface area contributed by atoms with E-state index in [-0.39, 0.29) is 27.5 Å². The first kappa shape index (κ1) is 20.3. The summed E-state index contributed by atoms with van der Waals surface area (Å²) in [6.45, 7) is 0. The Morgan fingerprint density at radius 3 is 2.14 bits per heavy atom. The molecule has 0 spiro atoms. The molecule has 0 fully saturated rings. The number of nitrogens with zero attached hydrogens (tertiary/aromatic N) is 1. The lowest BCUT2D eigenvalue weighted by molar-refractivity contribution is -0.384. The van der Waals surface area contributed by atoms with Gasteiger partial charge in [-0.3, -0.25) is 19.7 Å². The number of nitrogens with one attached hydrogen (secondary N) is 2. The van der Waals surface area contributed by atoms with Crippen LogP contribution in [-0.4, -0.2) is 16.7 Å². The lowest BCUT2D eigenvalue weighted by Gasteiger charge is -2.10. The van der Waals surface area contributed by atoms with Crippen LogP contribution >= 0.6 is 23.2 Å². The molecule has 0 aliphatic carbocycles. The van der Waals surface area contributed by atoms with Gasteiger partial charge in [0.15, 0.2) is 0 Å². The van der Waals surface area contributed by atoms with E-state index in [2.05, 4.69) is 10.6 Å². The highest BCUT2D eigenvalue weighted by Crippen LogP contribution is 2.25. The standard InChI is InChI=1S/C20H13Cl2N3O4/c21-14-2-1-3-15(11-14)23-20(27)13-6-9-17(22)18(10-13)24-19(26)12-4-7-16(8-5-12)25(28)29/h1-11H,(H,23,27)(H,24,26). The van der Waals surface area contributed by atoms with Gasteiger partial charge in [-0.2, -0.15) is 0 Å². The van der Waals surface area contributed by atoms with Crippen LogP contribution in [0.25, 0.3) is 0 Å². The lowest BCUT2D eigenvalue weighted by Crippen LogP contribution is -2.15. The maximum absolute atomic E-state index is 12.5. The summed E-state index contributed by atoms with van der Waals surface area (Å²) in [5, 5.41) is 16.7. The molecule has 0 aromatic heterocycles. The van der Waals surface area contributed by atoms with E-state index >= 15 is 0 Å². The summed E-state index contributed by atoms with van der Waals surface area (Å²) in [6.07, 6.45) is 0. The molecule has 0 aliphatic rings. The normalized spacial score (nSPS) is 10.3. The van der Waals surface area contributed by atoms with Gasteiger partial charge in [0, 0.05) is 34.0 Å². The number of benzene rings is 3. The third-order valence-electron chi connectivity index (χ3n) is 3.90. The smallest absolute Gasteiger partial charge is 0.269 e. The monoisotopic (exact) mass is 429 g/mol. The molecule has 0 heterocycles. The average Bonchev–Trinajstić information content (AvgIpc) is 2.69. The van der Waals surface area contributed by atoms with Gasteiger partial charge in [-0.25, -0.2) is 0 Å². The number of nitro benzene ring substituents is 1. The van der Waals surface area contributed by atoms with E-state index in [9.17, 15) is 19.7 Å². The largest absolute Gasteiger partial charge is 0.322 e. The quantitative estimate of drug-likeness (QED) is 0.418. The minimum atomic E-state index is -0.555. The zero-order valence-corrected chi connectivity index (χ0v) is 16.2. The van der Waals surface area contributed by atoms with E-state index in [0.29, 0.717) is 10.7 Å². The Hall–Kier alpha value is -3.42. The molecule has 9 heteroatoms. The van der Waals surface area contributed by atoms with Crippen molar-refractivity contribution in [1.82, 2.24) is 0 Å². The predicted octanol–water partition coefficient (Wildman–Crippen LogP) is 5.41. The van der Waals surface area contributed by atoms with E-state index < -0.39 is 16.7 Å². The molecule has 2 N–H and O–H groups in total. The zero-order chi connectivity index (χ0) is 21.0. The van der Waals surface area contributed by atoms with Crippen molar-refractivity contribution in [2.45, 2.75) is 0 Å². The number of anilines is 2. The molecule has 0 radical (unpaired) electrons. The first-order chi connectivity index (χ1) is 13.8. The Bertz CT molecular complexity index is 1100. The molecule has 7 nitrogen and oxygen atoms in total. The van der Waals surface area contributed by atoms with Crippen LogP contribution in [0.3, 0.4) is 0 Å². The number of carbonyl (C=O) groups excluding carboxylic acids is 2. The molecule has 3 aromatic rings. The van der Waals surface area contributed by atoms with E-state index in [1.54, 1.807) is 24.3 Å². The Kier molecular flexibility index (Phi) is 6.11. The second-order valence-corrected chi connectivity index (χ2v) is 6.76. The molecule has 146 valence electrons. The van der Waals surface area contributed by atoms with Crippen molar-refractivity contribution >= 4 is 52.1 Å². The second kappa shape index (κ2) is 8.72. The van der Waals surface area contributed by atoms with Crippen LogP contribution in [0, 0.1) is 10.1 Å². The van der Waals surface area contributed by atoms with Crippen LogP contribution < -0.4 is 10.6 Å². The Morgan fingerprint density at radius 2 is 1.48 bits per heavy atom. The maximum atomic E-state index is 12.5. The highest BCUT2D eigenvalue weighted by molar-refractivity contribution is 6.34. The molecule has 0 bridgehead atoms.